The number of benzene rings is 1. The molecule has 0 spiro atoms. The van der Waals surface area contributed by atoms with Gasteiger partial charge in [-0.05, 0) is 26.8 Å². The minimum absolute atomic E-state index is 0.118. The maximum absolute atomic E-state index is 12.7. The topological polar surface area (TPSA) is 139 Å². The number of nitro benzene ring substituents is 1. The third-order valence-electron chi connectivity index (χ3n) is 4.14. The van der Waals surface area contributed by atoms with Gasteiger partial charge in [0.25, 0.3) is 17.5 Å². The third kappa shape index (κ3) is 2.93. The molecule has 2 heterocycles. The summed E-state index contributed by atoms with van der Waals surface area (Å²) in [6.45, 7) is 4.70. The number of imide groups is 1. The number of nitro groups is 1. The number of nitrogens with one attached hydrogen (secondary N) is 1. The average molecular weight is 375 g/mol. The zero-order valence-corrected chi connectivity index (χ0v) is 14.8. The second-order valence-corrected chi connectivity index (χ2v) is 7.17. The van der Waals surface area contributed by atoms with Crippen LogP contribution in [0.5, 0.6) is 0 Å². The molecule has 0 saturated carbocycles. The number of carbonyl (C=O) groups is 3. The normalized spacial score (nSPS) is 21.6. The minimum atomic E-state index is -2.44. The lowest BCUT2D eigenvalue weighted by atomic mass is 9.87. The van der Waals surface area contributed by atoms with Gasteiger partial charge < -0.3 is 15.2 Å². The van der Waals surface area contributed by atoms with Gasteiger partial charge in [0, 0.05) is 23.4 Å². The van der Waals surface area contributed by atoms with Crippen LogP contribution in [-0.4, -0.2) is 45.0 Å². The van der Waals surface area contributed by atoms with Gasteiger partial charge in [-0.25, -0.2) is 9.69 Å². The molecule has 10 nitrogen and oxygen atoms in total. The largest absolute Gasteiger partial charge is 0.443 e. The highest BCUT2D eigenvalue weighted by molar-refractivity contribution is 6.16. The highest BCUT2D eigenvalue weighted by Gasteiger charge is 2.54. The molecule has 2 aliphatic heterocycles. The van der Waals surface area contributed by atoms with Crippen LogP contribution in [0.2, 0.25) is 0 Å². The molecule has 0 radical (unpaired) electrons. The fourth-order valence-corrected chi connectivity index (χ4v) is 2.93. The molecular weight excluding hydrogens is 358 g/mol. The summed E-state index contributed by atoms with van der Waals surface area (Å²) < 4.78 is 5.14. The predicted molar refractivity (Wildman–Crippen MR) is 91.7 cm³/mol. The molecule has 1 aromatic rings. The number of fused-ring (bicyclic) bond motifs is 1. The van der Waals surface area contributed by atoms with Crippen molar-refractivity contribution >= 4 is 29.3 Å². The van der Waals surface area contributed by atoms with E-state index in [0.29, 0.717) is 0 Å². The Kier molecular flexibility index (Phi) is 4.03. The van der Waals surface area contributed by atoms with Gasteiger partial charge in [-0.15, -0.1) is 0 Å². The van der Waals surface area contributed by atoms with E-state index < -0.39 is 34.0 Å². The highest BCUT2D eigenvalue weighted by atomic mass is 16.6. The summed E-state index contributed by atoms with van der Waals surface area (Å²) in [6.07, 6.45) is 0.319. The summed E-state index contributed by atoms with van der Waals surface area (Å²) in [5.41, 5.74) is -3.95. The zero-order valence-electron chi connectivity index (χ0n) is 14.8. The van der Waals surface area contributed by atoms with Gasteiger partial charge in [0.15, 0.2) is 0 Å². The van der Waals surface area contributed by atoms with Gasteiger partial charge in [0.2, 0.25) is 5.60 Å². The Hall–Kier alpha value is -3.27. The first-order chi connectivity index (χ1) is 12.4. The summed E-state index contributed by atoms with van der Waals surface area (Å²) in [6, 6.07) is 3.47. The van der Waals surface area contributed by atoms with Crippen molar-refractivity contribution in [1.29, 1.82) is 0 Å². The Labute approximate surface area is 153 Å². The van der Waals surface area contributed by atoms with E-state index in [1.165, 1.54) is 18.2 Å². The van der Waals surface area contributed by atoms with Crippen LogP contribution in [0.15, 0.2) is 29.8 Å². The van der Waals surface area contributed by atoms with Crippen molar-refractivity contribution in [2.24, 2.45) is 0 Å². The molecule has 142 valence electrons. The smallest absolute Gasteiger partial charge is 0.417 e. The second kappa shape index (κ2) is 5.88. The van der Waals surface area contributed by atoms with E-state index in [1.54, 1.807) is 20.8 Å². The summed E-state index contributed by atoms with van der Waals surface area (Å²) in [5.74, 6) is -1.83. The Morgan fingerprint density at radius 1 is 1.37 bits per heavy atom. The molecule has 2 aliphatic rings. The summed E-state index contributed by atoms with van der Waals surface area (Å²) in [7, 11) is 0. The molecule has 0 aliphatic carbocycles. The van der Waals surface area contributed by atoms with Crippen molar-refractivity contribution in [2.45, 2.75) is 32.0 Å². The number of nitrogens with zero attached hydrogens (tertiary/aromatic N) is 2. The molecule has 1 unspecified atom stereocenters. The number of aliphatic hydroxyl groups is 1. The average Bonchev–Trinajstić information content (AvgIpc) is 3.05. The number of ether oxygens (including phenoxy) is 1. The van der Waals surface area contributed by atoms with Gasteiger partial charge in [0.1, 0.15) is 5.60 Å². The van der Waals surface area contributed by atoms with Crippen LogP contribution >= 0.6 is 0 Å². The molecule has 3 rings (SSSR count). The van der Waals surface area contributed by atoms with E-state index in [2.05, 4.69) is 5.32 Å². The van der Waals surface area contributed by atoms with Crippen LogP contribution in [0.1, 0.15) is 26.3 Å². The molecule has 0 aromatic heterocycles. The number of carbonyl (C=O) groups excluding carboxylic acids is 3. The number of amides is 3. The van der Waals surface area contributed by atoms with Gasteiger partial charge in [-0.3, -0.25) is 19.7 Å². The number of anilines is 1. The van der Waals surface area contributed by atoms with Crippen LogP contribution in [-0.2, 0) is 19.9 Å². The number of rotatable bonds is 2. The van der Waals surface area contributed by atoms with Crippen molar-refractivity contribution in [1.82, 2.24) is 4.90 Å². The lowest BCUT2D eigenvalue weighted by Crippen LogP contribution is -2.44. The predicted octanol–water partition coefficient (Wildman–Crippen LogP) is 1.44. The Morgan fingerprint density at radius 3 is 2.63 bits per heavy atom. The van der Waals surface area contributed by atoms with E-state index in [-0.39, 0.29) is 29.1 Å². The number of hydrogen-bond acceptors (Lipinski definition) is 7. The van der Waals surface area contributed by atoms with Gasteiger partial charge >= 0.3 is 6.09 Å². The Bertz CT molecular complexity index is 916. The molecule has 0 fully saturated rings. The van der Waals surface area contributed by atoms with Gasteiger partial charge in [-0.1, -0.05) is 6.08 Å². The standard InChI is InChI=1S/C17H17N3O7/c1-16(2,3)27-15(23)19-7-6-10(13(19)21)17(24)11-8-9(20(25)26)4-5-12(11)18-14(17)22/h4-6,8,24H,7H2,1-3H3,(H,18,22). The van der Waals surface area contributed by atoms with Crippen molar-refractivity contribution in [2.75, 3.05) is 11.9 Å². The minimum Gasteiger partial charge on any atom is -0.443 e. The molecule has 27 heavy (non-hydrogen) atoms. The maximum atomic E-state index is 12.7. The fourth-order valence-electron chi connectivity index (χ4n) is 2.93. The van der Waals surface area contributed by atoms with Crippen molar-refractivity contribution in [3.8, 4) is 0 Å². The summed E-state index contributed by atoms with van der Waals surface area (Å²) in [5, 5.41) is 24.4. The number of hydrogen-bond donors (Lipinski definition) is 2. The monoisotopic (exact) mass is 375 g/mol. The molecule has 3 amide bonds. The SMILES string of the molecule is CC(C)(C)OC(=O)N1CC=C(C2(O)C(=O)Nc3ccc([N+](=O)[O-])cc32)C1=O. The lowest BCUT2D eigenvalue weighted by Gasteiger charge is -2.25. The van der Waals surface area contributed by atoms with Crippen molar-refractivity contribution in [3.63, 3.8) is 0 Å². The van der Waals surface area contributed by atoms with Crippen molar-refractivity contribution in [3.05, 3.63) is 45.5 Å². The van der Waals surface area contributed by atoms with Crippen LogP contribution in [0.3, 0.4) is 0 Å². The summed E-state index contributed by atoms with van der Waals surface area (Å²) >= 11 is 0. The molecule has 2 N–H and O–H groups in total. The number of non-ortho nitro benzene ring substituents is 1. The quantitative estimate of drug-likeness (QED) is 0.589. The fraction of sp³-hybridized carbons (Fsp3) is 0.353. The molecule has 1 aromatic carbocycles. The second-order valence-electron chi connectivity index (χ2n) is 7.17. The van der Waals surface area contributed by atoms with E-state index in [4.69, 9.17) is 4.74 Å². The van der Waals surface area contributed by atoms with Gasteiger partial charge in [0.05, 0.1) is 17.0 Å². The maximum Gasteiger partial charge on any atom is 0.417 e. The molecule has 0 saturated heterocycles. The van der Waals surface area contributed by atoms with E-state index in [0.717, 1.165) is 11.0 Å². The Balaban J connectivity index is 1.97. The highest BCUT2D eigenvalue weighted by Crippen LogP contribution is 2.44. The van der Waals surface area contributed by atoms with Crippen LogP contribution in [0.4, 0.5) is 16.2 Å². The zero-order chi connectivity index (χ0) is 20.1. The van der Waals surface area contributed by atoms with Crippen LogP contribution < -0.4 is 5.32 Å². The van der Waals surface area contributed by atoms with Crippen molar-refractivity contribution < 1.29 is 29.2 Å². The first-order valence-electron chi connectivity index (χ1n) is 8.03. The first kappa shape index (κ1) is 18.5. The van der Waals surface area contributed by atoms with Crippen LogP contribution in [0.25, 0.3) is 0 Å². The van der Waals surface area contributed by atoms with E-state index in [9.17, 15) is 29.6 Å². The van der Waals surface area contributed by atoms with E-state index in [1.807, 2.05) is 0 Å². The lowest BCUT2D eigenvalue weighted by molar-refractivity contribution is -0.385. The summed E-state index contributed by atoms with van der Waals surface area (Å²) in [4.78, 5) is 48.4. The molecule has 10 heteroatoms. The third-order valence-corrected chi connectivity index (χ3v) is 4.14. The van der Waals surface area contributed by atoms with E-state index >= 15 is 0 Å². The molecule has 1 atom stereocenters. The van der Waals surface area contributed by atoms with Gasteiger partial charge in [-0.2, -0.15) is 0 Å². The van der Waals surface area contributed by atoms with Crippen LogP contribution in [0, 0.1) is 10.1 Å². The molecule has 0 bridgehead atoms. The molecular formula is C17H17N3O7. The Morgan fingerprint density at radius 2 is 2.04 bits per heavy atom. The first-order valence-corrected chi connectivity index (χ1v) is 8.03.